The number of rotatable bonds is 2. The molecule has 3 heterocycles. The maximum atomic E-state index is 14.4. The first-order valence-corrected chi connectivity index (χ1v) is 10.4. The molecule has 3 aliphatic heterocycles. The van der Waals surface area contributed by atoms with Crippen molar-refractivity contribution in [2.45, 2.75) is 25.3 Å². The van der Waals surface area contributed by atoms with E-state index in [9.17, 15) is 9.18 Å². The maximum Gasteiger partial charge on any atom is 0.228 e. The Bertz CT molecular complexity index is 880. The van der Waals surface area contributed by atoms with Crippen molar-refractivity contribution in [1.29, 1.82) is 0 Å². The van der Waals surface area contributed by atoms with E-state index in [0.29, 0.717) is 12.2 Å². The van der Waals surface area contributed by atoms with Crippen molar-refractivity contribution in [2.24, 2.45) is 5.92 Å². The van der Waals surface area contributed by atoms with Crippen molar-refractivity contribution < 1.29 is 9.18 Å². The third-order valence-electron chi connectivity index (χ3n) is 6.55. The van der Waals surface area contributed by atoms with Crippen molar-refractivity contribution in [3.63, 3.8) is 0 Å². The second-order valence-electron chi connectivity index (χ2n) is 8.13. The number of para-hydroxylation sites is 2. The van der Waals surface area contributed by atoms with Gasteiger partial charge in [-0.1, -0.05) is 30.3 Å². The number of halogens is 1. The Kier molecular flexibility index (Phi) is 4.46. The van der Waals surface area contributed by atoms with Crippen LogP contribution in [0.2, 0.25) is 0 Å². The lowest BCUT2D eigenvalue weighted by molar-refractivity contribution is -0.135. The van der Waals surface area contributed by atoms with E-state index in [2.05, 4.69) is 34.1 Å². The number of carbonyl (C=O) groups is 1. The van der Waals surface area contributed by atoms with Crippen LogP contribution in [-0.4, -0.2) is 49.6 Å². The summed E-state index contributed by atoms with van der Waals surface area (Å²) in [5, 5.41) is 0. The molecule has 2 atom stereocenters. The summed E-state index contributed by atoms with van der Waals surface area (Å²) in [6.07, 6.45) is 2.98. The molecule has 28 heavy (non-hydrogen) atoms. The summed E-state index contributed by atoms with van der Waals surface area (Å²) in [5.41, 5.74) is 3.15. The Morgan fingerprint density at radius 2 is 1.61 bits per heavy atom. The van der Waals surface area contributed by atoms with Crippen LogP contribution in [-0.2, 0) is 11.2 Å². The van der Waals surface area contributed by atoms with Crippen LogP contribution < -0.4 is 9.80 Å². The highest BCUT2D eigenvalue weighted by Crippen LogP contribution is 2.38. The predicted molar refractivity (Wildman–Crippen MR) is 109 cm³/mol. The highest BCUT2D eigenvalue weighted by atomic mass is 19.1. The Labute approximate surface area is 165 Å². The molecule has 2 saturated heterocycles. The van der Waals surface area contributed by atoms with Gasteiger partial charge in [0, 0.05) is 38.4 Å². The van der Waals surface area contributed by atoms with E-state index in [1.54, 1.807) is 6.07 Å². The van der Waals surface area contributed by atoms with E-state index in [1.807, 2.05) is 17.0 Å². The van der Waals surface area contributed by atoms with E-state index >= 15 is 0 Å². The van der Waals surface area contributed by atoms with Crippen LogP contribution in [0.3, 0.4) is 0 Å². The number of hydrogen-bond acceptors (Lipinski definition) is 3. The SMILES string of the molecule is O=C([C@H]1Cc2ccccc2N2CCN(c3ccccc3F)C[C@H]12)N1CCCC1. The molecule has 0 unspecified atom stereocenters. The van der Waals surface area contributed by atoms with Crippen LogP contribution >= 0.6 is 0 Å². The number of nitrogens with zero attached hydrogens (tertiary/aromatic N) is 3. The molecule has 0 N–H and O–H groups in total. The number of carbonyl (C=O) groups excluding carboxylic acids is 1. The number of anilines is 2. The molecule has 0 saturated carbocycles. The van der Waals surface area contributed by atoms with E-state index in [-0.39, 0.29) is 23.7 Å². The number of fused-ring (bicyclic) bond motifs is 3. The monoisotopic (exact) mass is 379 g/mol. The largest absolute Gasteiger partial charge is 0.365 e. The van der Waals surface area contributed by atoms with Gasteiger partial charge in [0.05, 0.1) is 17.6 Å². The molecule has 3 aliphatic rings. The van der Waals surface area contributed by atoms with E-state index in [1.165, 1.54) is 17.3 Å². The minimum absolute atomic E-state index is 0.0671. The van der Waals surface area contributed by atoms with Crippen LogP contribution in [0, 0.1) is 11.7 Å². The van der Waals surface area contributed by atoms with Crippen LogP contribution in [0.1, 0.15) is 18.4 Å². The van der Waals surface area contributed by atoms with Crippen LogP contribution in [0.4, 0.5) is 15.8 Å². The van der Waals surface area contributed by atoms with E-state index < -0.39 is 0 Å². The van der Waals surface area contributed by atoms with Gasteiger partial charge in [-0.05, 0) is 43.0 Å². The molecule has 0 spiro atoms. The average Bonchev–Trinajstić information content (AvgIpc) is 3.27. The zero-order valence-corrected chi connectivity index (χ0v) is 16.1. The fourth-order valence-corrected chi connectivity index (χ4v) is 5.14. The molecular weight excluding hydrogens is 353 g/mol. The first-order valence-electron chi connectivity index (χ1n) is 10.4. The molecule has 2 aromatic carbocycles. The standard InChI is InChI=1S/C23H26FN3O/c24-19-8-2-4-10-21(19)26-13-14-27-20-9-3-1-7-17(20)15-18(22(27)16-26)23(28)25-11-5-6-12-25/h1-4,7-10,18,22H,5-6,11-16H2/t18-,22+/m0/s1. The van der Waals surface area contributed by atoms with Gasteiger partial charge >= 0.3 is 0 Å². The van der Waals surface area contributed by atoms with E-state index in [0.717, 1.165) is 45.4 Å². The van der Waals surface area contributed by atoms with Gasteiger partial charge in [0.25, 0.3) is 0 Å². The molecule has 146 valence electrons. The van der Waals surface area contributed by atoms with Gasteiger partial charge in [0.2, 0.25) is 5.91 Å². The van der Waals surface area contributed by atoms with Crippen molar-refractivity contribution in [3.05, 3.63) is 59.9 Å². The fourth-order valence-electron chi connectivity index (χ4n) is 5.14. The summed E-state index contributed by atoms with van der Waals surface area (Å²) in [5.74, 6) is 0.0227. The summed E-state index contributed by atoms with van der Waals surface area (Å²) in [4.78, 5) is 19.9. The normalized spacial score (nSPS) is 24.1. The maximum absolute atomic E-state index is 14.4. The molecule has 0 aromatic heterocycles. The summed E-state index contributed by atoms with van der Waals surface area (Å²) in [7, 11) is 0. The van der Waals surface area contributed by atoms with Gasteiger partial charge in [-0.3, -0.25) is 4.79 Å². The number of benzene rings is 2. The van der Waals surface area contributed by atoms with Crippen LogP contribution in [0.15, 0.2) is 48.5 Å². The summed E-state index contributed by atoms with van der Waals surface area (Å²) < 4.78 is 14.4. The lowest BCUT2D eigenvalue weighted by Crippen LogP contribution is -2.61. The smallest absolute Gasteiger partial charge is 0.228 e. The zero-order valence-electron chi connectivity index (χ0n) is 16.1. The van der Waals surface area contributed by atoms with Crippen LogP contribution in [0.5, 0.6) is 0 Å². The molecule has 5 rings (SSSR count). The number of hydrogen-bond donors (Lipinski definition) is 0. The summed E-state index contributed by atoms with van der Waals surface area (Å²) >= 11 is 0. The Morgan fingerprint density at radius 1 is 0.893 bits per heavy atom. The van der Waals surface area contributed by atoms with Gasteiger partial charge in [0.1, 0.15) is 5.82 Å². The van der Waals surface area contributed by atoms with Crippen molar-refractivity contribution >= 4 is 17.3 Å². The minimum atomic E-state index is -0.186. The first kappa shape index (κ1) is 17.5. The Hall–Kier alpha value is -2.56. The molecule has 1 amide bonds. The van der Waals surface area contributed by atoms with Crippen molar-refractivity contribution in [1.82, 2.24) is 4.90 Å². The topological polar surface area (TPSA) is 26.8 Å². The molecule has 5 heteroatoms. The molecule has 0 radical (unpaired) electrons. The minimum Gasteiger partial charge on any atom is -0.365 e. The fraction of sp³-hybridized carbons (Fsp3) is 0.435. The molecule has 2 aromatic rings. The van der Waals surface area contributed by atoms with Crippen molar-refractivity contribution in [2.75, 3.05) is 42.5 Å². The molecular formula is C23H26FN3O. The second kappa shape index (κ2) is 7.12. The number of amides is 1. The van der Waals surface area contributed by atoms with Gasteiger partial charge in [0.15, 0.2) is 0 Å². The first-order chi connectivity index (χ1) is 13.7. The van der Waals surface area contributed by atoms with Crippen molar-refractivity contribution in [3.8, 4) is 0 Å². The van der Waals surface area contributed by atoms with Gasteiger partial charge < -0.3 is 14.7 Å². The lowest BCUT2D eigenvalue weighted by atomic mass is 9.83. The average molecular weight is 379 g/mol. The van der Waals surface area contributed by atoms with Gasteiger partial charge in [-0.2, -0.15) is 0 Å². The molecule has 4 nitrogen and oxygen atoms in total. The zero-order chi connectivity index (χ0) is 19.1. The molecule has 0 bridgehead atoms. The summed E-state index contributed by atoms with van der Waals surface area (Å²) in [6, 6.07) is 15.5. The summed E-state index contributed by atoms with van der Waals surface area (Å²) in [6.45, 7) is 4.00. The van der Waals surface area contributed by atoms with Crippen LogP contribution in [0.25, 0.3) is 0 Å². The Balaban J connectivity index is 1.48. The van der Waals surface area contributed by atoms with E-state index in [4.69, 9.17) is 0 Å². The quantitative estimate of drug-likeness (QED) is 0.801. The predicted octanol–water partition coefficient (Wildman–Crippen LogP) is 3.32. The van der Waals surface area contributed by atoms with Gasteiger partial charge in [-0.25, -0.2) is 4.39 Å². The third kappa shape index (κ3) is 2.93. The highest BCUT2D eigenvalue weighted by Gasteiger charge is 2.43. The number of piperazine rings is 1. The second-order valence-corrected chi connectivity index (χ2v) is 8.13. The van der Waals surface area contributed by atoms with Gasteiger partial charge in [-0.15, -0.1) is 0 Å². The number of likely N-dealkylation sites (tertiary alicyclic amines) is 1. The molecule has 2 fully saturated rings. The Morgan fingerprint density at radius 3 is 2.39 bits per heavy atom. The highest BCUT2D eigenvalue weighted by molar-refractivity contribution is 5.82. The molecule has 0 aliphatic carbocycles. The third-order valence-corrected chi connectivity index (χ3v) is 6.55. The lowest BCUT2D eigenvalue weighted by Gasteiger charge is -2.50.